The van der Waals surface area contributed by atoms with Gasteiger partial charge in [-0.2, -0.15) is 0 Å². The van der Waals surface area contributed by atoms with Crippen molar-refractivity contribution in [1.82, 2.24) is 0 Å². The molecule has 18 heavy (non-hydrogen) atoms. The highest BCUT2D eigenvalue weighted by molar-refractivity contribution is 5.54. The van der Waals surface area contributed by atoms with Gasteiger partial charge in [0.1, 0.15) is 0 Å². The number of benzene rings is 1. The number of rotatable bonds is 3. The molecule has 1 saturated carbocycles. The van der Waals surface area contributed by atoms with E-state index in [1.165, 1.54) is 19.3 Å². The molecule has 1 aromatic carbocycles. The molecular formula is C14H20N2O2. The number of anilines is 1. The molecule has 4 heteroatoms. The summed E-state index contributed by atoms with van der Waals surface area (Å²) >= 11 is 0. The first-order valence-electron chi connectivity index (χ1n) is 6.42. The van der Waals surface area contributed by atoms with Crippen LogP contribution in [0, 0.1) is 22.5 Å². The highest BCUT2D eigenvalue weighted by atomic mass is 16.6. The Balaban J connectivity index is 2.16. The Labute approximate surface area is 108 Å². The summed E-state index contributed by atoms with van der Waals surface area (Å²) in [5.41, 5.74) is 2.18. The summed E-state index contributed by atoms with van der Waals surface area (Å²) < 4.78 is 0. The average Bonchev–Trinajstić information content (AvgIpc) is 2.58. The van der Waals surface area contributed by atoms with Crippen molar-refractivity contribution in [2.24, 2.45) is 5.41 Å². The van der Waals surface area contributed by atoms with Gasteiger partial charge in [0.05, 0.1) is 4.92 Å². The summed E-state index contributed by atoms with van der Waals surface area (Å²) in [5, 5.41) is 14.3. The van der Waals surface area contributed by atoms with Gasteiger partial charge < -0.3 is 5.32 Å². The molecule has 4 nitrogen and oxygen atoms in total. The monoisotopic (exact) mass is 248 g/mol. The maximum atomic E-state index is 10.8. The van der Waals surface area contributed by atoms with E-state index in [2.05, 4.69) is 19.2 Å². The fourth-order valence-corrected chi connectivity index (χ4v) is 2.75. The summed E-state index contributed by atoms with van der Waals surface area (Å²) in [6, 6.07) is 5.71. The molecule has 0 heterocycles. The first-order chi connectivity index (χ1) is 8.40. The van der Waals surface area contributed by atoms with Crippen LogP contribution in [0.15, 0.2) is 18.2 Å². The molecule has 0 amide bonds. The van der Waals surface area contributed by atoms with Crippen LogP contribution in [0.4, 0.5) is 11.4 Å². The van der Waals surface area contributed by atoms with Crippen LogP contribution >= 0.6 is 0 Å². The number of hydrogen-bond donors (Lipinski definition) is 1. The van der Waals surface area contributed by atoms with Gasteiger partial charge >= 0.3 is 0 Å². The molecular weight excluding hydrogens is 228 g/mol. The van der Waals surface area contributed by atoms with Gasteiger partial charge in [0.25, 0.3) is 5.69 Å². The van der Waals surface area contributed by atoms with Crippen LogP contribution in [0.3, 0.4) is 0 Å². The number of nitrogens with zero attached hydrogens (tertiary/aromatic N) is 1. The van der Waals surface area contributed by atoms with Crippen molar-refractivity contribution < 1.29 is 4.92 Å². The van der Waals surface area contributed by atoms with E-state index in [4.69, 9.17) is 0 Å². The first-order valence-corrected chi connectivity index (χ1v) is 6.42. The second-order valence-corrected chi connectivity index (χ2v) is 5.84. The van der Waals surface area contributed by atoms with Crippen LogP contribution in [0.1, 0.15) is 38.7 Å². The Morgan fingerprint density at radius 3 is 2.67 bits per heavy atom. The van der Waals surface area contributed by atoms with Gasteiger partial charge in [0.2, 0.25) is 0 Å². The summed E-state index contributed by atoms with van der Waals surface area (Å²) in [6.45, 7) is 6.33. The van der Waals surface area contributed by atoms with Gasteiger partial charge in [-0.15, -0.1) is 0 Å². The zero-order valence-electron chi connectivity index (χ0n) is 11.2. The minimum Gasteiger partial charge on any atom is -0.382 e. The van der Waals surface area contributed by atoms with Crippen LogP contribution in [0.5, 0.6) is 0 Å². The van der Waals surface area contributed by atoms with Crippen molar-refractivity contribution in [2.45, 2.75) is 46.1 Å². The lowest BCUT2D eigenvalue weighted by Crippen LogP contribution is -2.30. The van der Waals surface area contributed by atoms with Crippen LogP contribution in [0.2, 0.25) is 0 Å². The average molecular weight is 248 g/mol. The Kier molecular flexibility index (Phi) is 3.28. The molecule has 1 fully saturated rings. The van der Waals surface area contributed by atoms with Gasteiger partial charge in [-0.05, 0) is 37.3 Å². The van der Waals surface area contributed by atoms with E-state index in [9.17, 15) is 10.1 Å². The number of nitro groups is 1. The van der Waals surface area contributed by atoms with Crippen LogP contribution in [-0.4, -0.2) is 11.0 Å². The summed E-state index contributed by atoms with van der Waals surface area (Å²) in [5.74, 6) is 0. The SMILES string of the molecule is Cc1cc(NC2CCCC2(C)C)ccc1[N+](=O)[O-]. The quantitative estimate of drug-likeness (QED) is 0.652. The minimum atomic E-state index is -0.335. The topological polar surface area (TPSA) is 55.2 Å². The lowest BCUT2D eigenvalue weighted by Gasteiger charge is -2.28. The number of hydrogen-bond acceptors (Lipinski definition) is 3. The summed E-state index contributed by atoms with van der Waals surface area (Å²) in [4.78, 5) is 10.4. The number of aryl methyl sites for hydroxylation is 1. The Morgan fingerprint density at radius 2 is 2.17 bits per heavy atom. The third-order valence-electron chi connectivity index (χ3n) is 3.99. The molecule has 0 saturated heterocycles. The van der Waals surface area contributed by atoms with Crippen molar-refractivity contribution in [3.8, 4) is 0 Å². The Bertz CT molecular complexity index is 469. The van der Waals surface area contributed by atoms with E-state index in [1.807, 2.05) is 6.07 Å². The molecule has 0 spiro atoms. The normalized spacial score (nSPS) is 21.8. The predicted molar refractivity (Wildman–Crippen MR) is 72.9 cm³/mol. The molecule has 0 aromatic heterocycles. The van der Waals surface area contributed by atoms with E-state index in [1.54, 1.807) is 19.1 Å². The molecule has 2 rings (SSSR count). The van der Waals surface area contributed by atoms with E-state index in [-0.39, 0.29) is 10.6 Å². The van der Waals surface area contributed by atoms with Crippen LogP contribution in [0.25, 0.3) is 0 Å². The second-order valence-electron chi connectivity index (χ2n) is 5.84. The Morgan fingerprint density at radius 1 is 1.44 bits per heavy atom. The molecule has 1 aliphatic rings. The van der Waals surface area contributed by atoms with E-state index >= 15 is 0 Å². The lowest BCUT2D eigenvalue weighted by atomic mass is 9.87. The summed E-state index contributed by atoms with van der Waals surface area (Å²) in [7, 11) is 0. The smallest absolute Gasteiger partial charge is 0.272 e. The first kappa shape index (κ1) is 12.9. The largest absolute Gasteiger partial charge is 0.382 e. The molecule has 0 bridgehead atoms. The summed E-state index contributed by atoms with van der Waals surface area (Å²) in [6.07, 6.45) is 3.65. The fourth-order valence-electron chi connectivity index (χ4n) is 2.75. The lowest BCUT2D eigenvalue weighted by molar-refractivity contribution is -0.385. The van der Waals surface area contributed by atoms with Gasteiger partial charge in [-0.1, -0.05) is 20.3 Å². The standard InChI is InChI=1S/C14H20N2O2/c1-10-9-11(6-7-12(10)16(17)18)15-13-5-4-8-14(13,2)3/h6-7,9,13,15H,4-5,8H2,1-3H3. The molecule has 1 unspecified atom stereocenters. The van der Waals surface area contributed by atoms with Crippen molar-refractivity contribution in [1.29, 1.82) is 0 Å². The molecule has 1 atom stereocenters. The van der Waals surface area contributed by atoms with E-state index in [0.29, 0.717) is 17.0 Å². The number of nitro benzene ring substituents is 1. The maximum Gasteiger partial charge on any atom is 0.272 e. The third-order valence-corrected chi connectivity index (χ3v) is 3.99. The van der Waals surface area contributed by atoms with E-state index < -0.39 is 0 Å². The van der Waals surface area contributed by atoms with Crippen LogP contribution in [-0.2, 0) is 0 Å². The Hall–Kier alpha value is -1.58. The molecule has 0 aliphatic heterocycles. The molecule has 1 aromatic rings. The third kappa shape index (κ3) is 2.47. The molecule has 1 aliphatic carbocycles. The predicted octanol–water partition coefficient (Wildman–Crippen LogP) is 3.89. The molecule has 1 N–H and O–H groups in total. The van der Waals surface area contributed by atoms with Gasteiger partial charge in [0, 0.05) is 23.4 Å². The molecule has 0 radical (unpaired) electrons. The van der Waals surface area contributed by atoms with Gasteiger partial charge in [-0.25, -0.2) is 0 Å². The zero-order chi connectivity index (χ0) is 13.3. The van der Waals surface area contributed by atoms with Gasteiger partial charge in [0.15, 0.2) is 0 Å². The van der Waals surface area contributed by atoms with Crippen LogP contribution < -0.4 is 5.32 Å². The maximum absolute atomic E-state index is 10.8. The molecule has 98 valence electrons. The highest BCUT2D eigenvalue weighted by Gasteiger charge is 2.34. The van der Waals surface area contributed by atoms with Gasteiger partial charge in [-0.3, -0.25) is 10.1 Å². The minimum absolute atomic E-state index is 0.186. The van der Waals surface area contributed by atoms with Crippen molar-refractivity contribution in [3.63, 3.8) is 0 Å². The van der Waals surface area contributed by atoms with Crippen molar-refractivity contribution in [2.75, 3.05) is 5.32 Å². The van der Waals surface area contributed by atoms with E-state index in [0.717, 1.165) is 5.69 Å². The number of nitrogens with one attached hydrogen (secondary N) is 1. The van der Waals surface area contributed by atoms with Crippen molar-refractivity contribution >= 4 is 11.4 Å². The second kappa shape index (κ2) is 4.59. The van der Waals surface area contributed by atoms with Crippen molar-refractivity contribution in [3.05, 3.63) is 33.9 Å². The highest BCUT2D eigenvalue weighted by Crippen LogP contribution is 2.39. The fraction of sp³-hybridized carbons (Fsp3) is 0.571. The zero-order valence-corrected chi connectivity index (χ0v) is 11.2.